The van der Waals surface area contributed by atoms with Gasteiger partial charge in [0.2, 0.25) is 5.91 Å². The van der Waals surface area contributed by atoms with Gasteiger partial charge in [0.05, 0.1) is 26.3 Å². The van der Waals surface area contributed by atoms with Crippen LogP contribution in [0.5, 0.6) is 5.75 Å². The number of hydrogen-bond donors (Lipinski definition) is 2. The molecule has 8 heteroatoms. The number of amides is 4. The maximum Gasteiger partial charge on any atom is 0.325 e. The lowest BCUT2D eigenvalue weighted by Gasteiger charge is -2.13. The molecule has 1 aromatic heterocycles. The van der Waals surface area contributed by atoms with Gasteiger partial charge in [0.15, 0.2) is 0 Å². The Morgan fingerprint density at radius 3 is 2.70 bits per heavy atom. The lowest BCUT2D eigenvalue weighted by Crippen LogP contribution is -2.37. The molecule has 2 heterocycles. The summed E-state index contributed by atoms with van der Waals surface area (Å²) >= 11 is 0. The minimum Gasteiger partial charge on any atom is -0.497 e. The second kappa shape index (κ2) is 8.39. The third-order valence-electron chi connectivity index (χ3n) is 4.27. The van der Waals surface area contributed by atoms with Gasteiger partial charge in [-0.05, 0) is 29.8 Å². The summed E-state index contributed by atoms with van der Waals surface area (Å²) in [5, 5.41) is 5.29. The summed E-state index contributed by atoms with van der Waals surface area (Å²) in [6.45, 7) is 0.544. The second-order valence-electron chi connectivity index (χ2n) is 6.16. The van der Waals surface area contributed by atoms with E-state index in [0.29, 0.717) is 18.7 Å². The van der Waals surface area contributed by atoms with E-state index in [1.807, 2.05) is 6.07 Å². The maximum atomic E-state index is 12.5. The minimum atomic E-state index is -0.848. The van der Waals surface area contributed by atoms with Crippen molar-refractivity contribution in [2.75, 3.05) is 13.7 Å². The van der Waals surface area contributed by atoms with Crippen LogP contribution in [0.25, 0.3) is 0 Å². The molecular weight excluding hydrogens is 350 g/mol. The highest BCUT2D eigenvalue weighted by Crippen LogP contribution is 2.17. The Bertz CT molecular complexity index is 801. The van der Waals surface area contributed by atoms with Crippen molar-refractivity contribution in [3.05, 3.63) is 54.0 Å². The predicted molar refractivity (Wildman–Crippen MR) is 95.9 cm³/mol. The summed E-state index contributed by atoms with van der Waals surface area (Å²) in [6.07, 6.45) is 2.04. The normalized spacial score (nSPS) is 16.3. The van der Waals surface area contributed by atoms with Crippen molar-refractivity contribution in [3.8, 4) is 5.75 Å². The molecule has 0 saturated carbocycles. The van der Waals surface area contributed by atoms with Crippen LogP contribution < -0.4 is 15.4 Å². The zero-order valence-corrected chi connectivity index (χ0v) is 14.9. The summed E-state index contributed by atoms with van der Waals surface area (Å²) in [4.78, 5) is 37.7. The first kappa shape index (κ1) is 18.5. The van der Waals surface area contributed by atoms with Crippen LogP contribution in [0.4, 0.5) is 4.79 Å². The number of nitrogens with one attached hydrogen (secondary N) is 2. The van der Waals surface area contributed by atoms with E-state index in [4.69, 9.17) is 9.15 Å². The number of carbonyl (C=O) groups is 3. The van der Waals surface area contributed by atoms with Crippen molar-refractivity contribution in [2.24, 2.45) is 0 Å². The number of nitrogens with zero attached hydrogens (tertiary/aromatic N) is 1. The SMILES string of the molecule is COc1ccc(CN2C(=O)NC(CC(=O)NCCc3ccco3)C2=O)cc1. The molecular formula is C19H21N3O5. The average Bonchev–Trinajstić information content (AvgIpc) is 3.26. The number of ether oxygens (including phenoxy) is 1. The van der Waals surface area contributed by atoms with E-state index in [2.05, 4.69) is 10.6 Å². The number of benzene rings is 1. The van der Waals surface area contributed by atoms with Crippen LogP contribution in [0.3, 0.4) is 0 Å². The summed E-state index contributed by atoms with van der Waals surface area (Å²) in [5.74, 6) is 0.759. The molecule has 0 aliphatic carbocycles. The molecule has 1 atom stereocenters. The zero-order valence-electron chi connectivity index (χ0n) is 14.9. The molecule has 0 spiro atoms. The molecule has 3 rings (SSSR count). The van der Waals surface area contributed by atoms with Gasteiger partial charge in [-0.2, -0.15) is 0 Å². The van der Waals surface area contributed by atoms with Crippen LogP contribution in [0.2, 0.25) is 0 Å². The van der Waals surface area contributed by atoms with Gasteiger partial charge in [0, 0.05) is 13.0 Å². The van der Waals surface area contributed by atoms with Crippen LogP contribution in [-0.4, -0.2) is 42.4 Å². The smallest absolute Gasteiger partial charge is 0.325 e. The third kappa shape index (κ3) is 4.66. The van der Waals surface area contributed by atoms with Gasteiger partial charge in [-0.25, -0.2) is 4.79 Å². The zero-order chi connectivity index (χ0) is 19.2. The highest BCUT2D eigenvalue weighted by atomic mass is 16.5. The minimum absolute atomic E-state index is 0.0954. The Hall–Kier alpha value is -3.29. The summed E-state index contributed by atoms with van der Waals surface area (Å²) in [6, 6.07) is 9.35. The van der Waals surface area contributed by atoms with Crippen molar-refractivity contribution in [3.63, 3.8) is 0 Å². The van der Waals surface area contributed by atoms with E-state index in [0.717, 1.165) is 16.2 Å². The third-order valence-corrected chi connectivity index (χ3v) is 4.27. The highest BCUT2D eigenvalue weighted by Gasteiger charge is 2.38. The lowest BCUT2D eigenvalue weighted by molar-refractivity contribution is -0.131. The number of urea groups is 1. The predicted octanol–water partition coefficient (Wildman–Crippen LogP) is 1.46. The van der Waals surface area contributed by atoms with Crippen molar-refractivity contribution < 1.29 is 23.5 Å². The van der Waals surface area contributed by atoms with Gasteiger partial charge in [0.1, 0.15) is 17.6 Å². The number of rotatable bonds is 8. The Labute approximate surface area is 156 Å². The fourth-order valence-corrected chi connectivity index (χ4v) is 2.82. The summed E-state index contributed by atoms with van der Waals surface area (Å²) in [7, 11) is 1.57. The molecule has 27 heavy (non-hydrogen) atoms. The van der Waals surface area contributed by atoms with Gasteiger partial charge in [-0.3, -0.25) is 14.5 Å². The van der Waals surface area contributed by atoms with E-state index in [-0.39, 0.29) is 18.9 Å². The van der Waals surface area contributed by atoms with E-state index >= 15 is 0 Å². The molecule has 1 aromatic carbocycles. The van der Waals surface area contributed by atoms with Crippen LogP contribution in [-0.2, 0) is 22.6 Å². The first-order valence-electron chi connectivity index (χ1n) is 8.60. The molecule has 8 nitrogen and oxygen atoms in total. The molecule has 2 aromatic rings. The fourth-order valence-electron chi connectivity index (χ4n) is 2.82. The molecule has 1 aliphatic rings. The molecule has 2 N–H and O–H groups in total. The topological polar surface area (TPSA) is 101 Å². The summed E-state index contributed by atoms with van der Waals surface area (Å²) in [5.41, 5.74) is 0.794. The van der Waals surface area contributed by atoms with Gasteiger partial charge in [0.25, 0.3) is 5.91 Å². The van der Waals surface area contributed by atoms with Gasteiger partial charge < -0.3 is 19.8 Å². The number of imide groups is 1. The Morgan fingerprint density at radius 2 is 2.04 bits per heavy atom. The van der Waals surface area contributed by atoms with E-state index in [1.54, 1.807) is 43.7 Å². The van der Waals surface area contributed by atoms with Crippen molar-refractivity contribution >= 4 is 17.8 Å². The monoisotopic (exact) mass is 371 g/mol. The lowest BCUT2D eigenvalue weighted by atomic mass is 10.1. The van der Waals surface area contributed by atoms with Gasteiger partial charge in [-0.1, -0.05) is 12.1 Å². The Kier molecular flexibility index (Phi) is 5.75. The molecule has 0 radical (unpaired) electrons. The van der Waals surface area contributed by atoms with E-state index in [1.165, 1.54) is 0 Å². The van der Waals surface area contributed by atoms with Crippen LogP contribution in [0.15, 0.2) is 47.1 Å². The highest BCUT2D eigenvalue weighted by molar-refractivity contribution is 6.05. The Morgan fingerprint density at radius 1 is 1.26 bits per heavy atom. The number of carbonyl (C=O) groups excluding carboxylic acids is 3. The van der Waals surface area contributed by atoms with E-state index in [9.17, 15) is 14.4 Å². The molecule has 1 aliphatic heterocycles. The second-order valence-corrected chi connectivity index (χ2v) is 6.16. The molecule has 1 unspecified atom stereocenters. The van der Waals surface area contributed by atoms with Crippen molar-refractivity contribution in [1.82, 2.24) is 15.5 Å². The molecule has 4 amide bonds. The average molecular weight is 371 g/mol. The number of hydrogen-bond acceptors (Lipinski definition) is 5. The molecule has 0 bridgehead atoms. The standard InChI is InChI=1S/C19H21N3O5/c1-26-14-6-4-13(5-7-14)12-22-18(24)16(21-19(22)25)11-17(23)20-9-8-15-3-2-10-27-15/h2-7,10,16H,8-9,11-12H2,1H3,(H,20,23)(H,21,25). The number of methoxy groups -OCH3 is 1. The van der Waals surface area contributed by atoms with Crippen LogP contribution in [0.1, 0.15) is 17.7 Å². The van der Waals surface area contributed by atoms with E-state index < -0.39 is 18.0 Å². The van der Waals surface area contributed by atoms with Crippen molar-refractivity contribution in [1.29, 1.82) is 0 Å². The fraction of sp³-hybridized carbons (Fsp3) is 0.316. The van der Waals surface area contributed by atoms with Gasteiger partial charge >= 0.3 is 6.03 Å². The van der Waals surface area contributed by atoms with Gasteiger partial charge in [-0.15, -0.1) is 0 Å². The molecule has 142 valence electrons. The quantitative estimate of drug-likeness (QED) is 0.684. The van der Waals surface area contributed by atoms with Crippen LogP contribution >= 0.6 is 0 Å². The maximum absolute atomic E-state index is 12.5. The molecule has 1 saturated heterocycles. The molecule has 1 fully saturated rings. The summed E-state index contributed by atoms with van der Waals surface area (Å²) < 4.78 is 10.3. The first-order chi connectivity index (χ1) is 13.1. The Balaban J connectivity index is 1.49. The van der Waals surface area contributed by atoms with Crippen molar-refractivity contribution in [2.45, 2.75) is 25.4 Å². The first-order valence-corrected chi connectivity index (χ1v) is 8.60. The number of furan rings is 1. The van der Waals surface area contributed by atoms with Crippen LogP contribution in [0, 0.1) is 0 Å². The largest absolute Gasteiger partial charge is 0.497 e.